The van der Waals surface area contributed by atoms with E-state index in [0.717, 1.165) is 0 Å². The molecule has 0 saturated carbocycles. The van der Waals surface area contributed by atoms with Gasteiger partial charge in [-0.2, -0.15) is 0 Å². The minimum absolute atomic E-state index is 0.331. The zero-order valence-corrected chi connectivity index (χ0v) is 11.3. The summed E-state index contributed by atoms with van der Waals surface area (Å²) < 4.78 is 19.2. The number of carbonyl (C=O) groups is 1. The summed E-state index contributed by atoms with van der Waals surface area (Å²) in [7, 11) is 0. The van der Waals surface area contributed by atoms with E-state index in [1.807, 2.05) is 0 Å². The monoisotopic (exact) mass is 274 g/mol. The Labute approximate surface area is 116 Å². The molecule has 2 aromatic rings. The molecule has 20 heavy (non-hydrogen) atoms. The first-order chi connectivity index (χ1) is 9.40. The van der Waals surface area contributed by atoms with Crippen LogP contribution in [0.15, 0.2) is 48.5 Å². The van der Waals surface area contributed by atoms with Gasteiger partial charge in [0.15, 0.2) is 5.60 Å². The predicted molar refractivity (Wildman–Crippen MR) is 74.2 cm³/mol. The van der Waals surface area contributed by atoms with Gasteiger partial charge in [-0.25, -0.2) is 9.18 Å². The van der Waals surface area contributed by atoms with Crippen LogP contribution in [-0.2, 0) is 4.79 Å². The second-order valence-electron chi connectivity index (χ2n) is 4.93. The minimum atomic E-state index is -1.34. The van der Waals surface area contributed by atoms with Crippen molar-refractivity contribution in [1.82, 2.24) is 0 Å². The van der Waals surface area contributed by atoms with E-state index in [0.29, 0.717) is 16.9 Å². The minimum Gasteiger partial charge on any atom is -0.478 e. The van der Waals surface area contributed by atoms with Gasteiger partial charge in [-0.1, -0.05) is 30.3 Å². The molecule has 3 nitrogen and oxygen atoms in total. The SMILES string of the molecule is CC(C)(Oc1cccc(-c2ccccc2F)c1)C(=O)O. The fourth-order valence-electron chi connectivity index (χ4n) is 1.76. The molecule has 0 unspecified atom stereocenters. The van der Waals surface area contributed by atoms with Gasteiger partial charge in [0.1, 0.15) is 11.6 Å². The molecule has 0 atom stereocenters. The largest absolute Gasteiger partial charge is 0.478 e. The van der Waals surface area contributed by atoms with Crippen LogP contribution in [-0.4, -0.2) is 16.7 Å². The molecular weight excluding hydrogens is 259 g/mol. The average molecular weight is 274 g/mol. The maximum absolute atomic E-state index is 13.7. The van der Waals surface area contributed by atoms with Crippen LogP contribution >= 0.6 is 0 Å². The smallest absolute Gasteiger partial charge is 0.347 e. The fraction of sp³-hybridized carbons (Fsp3) is 0.188. The maximum Gasteiger partial charge on any atom is 0.347 e. The third-order valence-corrected chi connectivity index (χ3v) is 2.91. The van der Waals surface area contributed by atoms with Crippen molar-refractivity contribution in [3.8, 4) is 16.9 Å². The summed E-state index contributed by atoms with van der Waals surface area (Å²) in [6.45, 7) is 2.93. The lowest BCUT2D eigenvalue weighted by Gasteiger charge is -2.21. The Kier molecular flexibility index (Phi) is 3.74. The van der Waals surface area contributed by atoms with Crippen LogP contribution in [0.3, 0.4) is 0 Å². The van der Waals surface area contributed by atoms with Crippen LogP contribution in [0, 0.1) is 5.82 Å². The molecule has 2 aromatic carbocycles. The van der Waals surface area contributed by atoms with Gasteiger partial charge in [0.25, 0.3) is 0 Å². The number of hydrogen-bond donors (Lipinski definition) is 1. The van der Waals surface area contributed by atoms with Gasteiger partial charge < -0.3 is 9.84 Å². The third kappa shape index (κ3) is 2.96. The molecule has 1 N–H and O–H groups in total. The van der Waals surface area contributed by atoms with Crippen molar-refractivity contribution in [3.05, 3.63) is 54.3 Å². The molecular formula is C16H15FO3. The first-order valence-corrected chi connectivity index (χ1v) is 6.17. The van der Waals surface area contributed by atoms with E-state index in [2.05, 4.69) is 0 Å². The van der Waals surface area contributed by atoms with Crippen molar-refractivity contribution >= 4 is 5.97 Å². The van der Waals surface area contributed by atoms with Crippen LogP contribution in [0.5, 0.6) is 5.75 Å². The van der Waals surface area contributed by atoms with E-state index >= 15 is 0 Å². The van der Waals surface area contributed by atoms with Crippen molar-refractivity contribution in [3.63, 3.8) is 0 Å². The lowest BCUT2D eigenvalue weighted by Crippen LogP contribution is -2.37. The Hall–Kier alpha value is -2.36. The number of halogens is 1. The molecule has 0 aromatic heterocycles. The second kappa shape index (κ2) is 5.33. The van der Waals surface area contributed by atoms with Gasteiger partial charge in [-0.15, -0.1) is 0 Å². The summed E-state index contributed by atoms with van der Waals surface area (Å²) in [6, 6.07) is 13.1. The Bertz CT molecular complexity index is 635. The Morgan fingerprint density at radius 1 is 1.15 bits per heavy atom. The standard InChI is InChI=1S/C16H15FO3/c1-16(2,15(18)19)20-12-7-5-6-11(10-12)13-8-3-4-9-14(13)17/h3-10H,1-2H3,(H,18,19). The molecule has 0 bridgehead atoms. The van der Waals surface area contributed by atoms with Gasteiger partial charge in [-0.3, -0.25) is 0 Å². The normalized spacial score (nSPS) is 11.2. The molecule has 0 heterocycles. The lowest BCUT2D eigenvalue weighted by atomic mass is 10.0. The molecule has 0 saturated heterocycles. The van der Waals surface area contributed by atoms with Crippen LogP contribution < -0.4 is 4.74 Å². The van der Waals surface area contributed by atoms with Gasteiger partial charge in [0, 0.05) is 5.56 Å². The summed E-state index contributed by atoms with van der Waals surface area (Å²) in [5.41, 5.74) is -0.249. The number of ether oxygens (including phenoxy) is 1. The first-order valence-electron chi connectivity index (χ1n) is 6.17. The number of benzene rings is 2. The summed E-state index contributed by atoms with van der Waals surface area (Å²) in [4.78, 5) is 11.0. The summed E-state index contributed by atoms with van der Waals surface area (Å²) in [6.07, 6.45) is 0. The van der Waals surface area contributed by atoms with E-state index in [1.54, 1.807) is 42.5 Å². The molecule has 4 heteroatoms. The zero-order valence-electron chi connectivity index (χ0n) is 11.3. The highest BCUT2D eigenvalue weighted by molar-refractivity contribution is 5.77. The van der Waals surface area contributed by atoms with Crippen molar-refractivity contribution < 1.29 is 19.0 Å². The molecule has 0 radical (unpaired) electrons. The van der Waals surface area contributed by atoms with E-state index in [4.69, 9.17) is 9.84 Å². The van der Waals surface area contributed by atoms with Crippen LogP contribution in [0.4, 0.5) is 4.39 Å². The highest BCUT2D eigenvalue weighted by atomic mass is 19.1. The van der Waals surface area contributed by atoms with Crippen molar-refractivity contribution in [2.45, 2.75) is 19.4 Å². The molecule has 104 valence electrons. The van der Waals surface area contributed by atoms with E-state index in [9.17, 15) is 9.18 Å². The molecule has 0 aliphatic carbocycles. The molecule has 0 spiro atoms. The number of carboxylic acids is 1. The maximum atomic E-state index is 13.7. The Morgan fingerprint density at radius 2 is 1.85 bits per heavy atom. The first kappa shape index (κ1) is 14.1. The quantitative estimate of drug-likeness (QED) is 0.924. The molecule has 0 aliphatic rings. The van der Waals surface area contributed by atoms with Crippen molar-refractivity contribution in [1.29, 1.82) is 0 Å². The van der Waals surface area contributed by atoms with E-state index < -0.39 is 11.6 Å². The summed E-state index contributed by atoms with van der Waals surface area (Å²) >= 11 is 0. The van der Waals surface area contributed by atoms with Crippen molar-refractivity contribution in [2.24, 2.45) is 0 Å². The fourth-order valence-corrected chi connectivity index (χ4v) is 1.76. The van der Waals surface area contributed by atoms with Crippen LogP contribution in [0.25, 0.3) is 11.1 Å². The third-order valence-electron chi connectivity index (χ3n) is 2.91. The lowest BCUT2D eigenvalue weighted by molar-refractivity contribution is -0.152. The number of aliphatic carboxylic acids is 1. The number of rotatable bonds is 4. The predicted octanol–water partition coefficient (Wildman–Crippen LogP) is 3.73. The Balaban J connectivity index is 2.34. The number of carboxylic acid groups (broad SMARTS) is 1. The van der Waals surface area contributed by atoms with Gasteiger partial charge in [0.05, 0.1) is 0 Å². The molecule has 0 fully saturated rings. The van der Waals surface area contributed by atoms with Gasteiger partial charge >= 0.3 is 5.97 Å². The molecule has 2 rings (SSSR count). The summed E-state index contributed by atoms with van der Waals surface area (Å²) in [5.74, 6) is -1.01. The zero-order chi connectivity index (χ0) is 14.8. The highest BCUT2D eigenvalue weighted by Crippen LogP contribution is 2.27. The Morgan fingerprint density at radius 3 is 2.50 bits per heavy atom. The van der Waals surface area contributed by atoms with E-state index in [1.165, 1.54) is 19.9 Å². The second-order valence-corrected chi connectivity index (χ2v) is 4.93. The van der Waals surface area contributed by atoms with Gasteiger partial charge in [0.2, 0.25) is 0 Å². The molecule has 0 amide bonds. The van der Waals surface area contributed by atoms with Gasteiger partial charge in [-0.05, 0) is 37.6 Å². The van der Waals surface area contributed by atoms with Crippen LogP contribution in [0.1, 0.15) is 13.8 Å². The van der Waals surface area contributed by atoms with Crippen LogP contribution in [0.2, 0.25) is 0 Å². The summed E-state index contributed by atoms with van der Waals surface area (Å²) in [5, 5.41) is 9.05. The number of hydrogen-bond acceptors (Lipinski definition) is 2. The average Bonchev–Trinajstić information content (AvgIpc) is 2.39. The topological polar surface area (TPSA) is 46.5 Å². The van der Waals surface area contributed by atoms with Crippen molar-refractivity contribution in [2.75, 3.05) is 0 Å². The van der Waals surface area contributed by atoms with E-state index in [-0.39, 0.29) is 5.82 Å². The molecule has 0 aliphatic heterocycles. The highest BCUT2D eigenvalue weighted by Gasteiger charge is 2.29.